The van der Waals surface area contributed by atoms with Gasteiger partial charge in [-0.3, -0.25) is 9.59 Å². The number of carbonyl (C=O) groups is 2. The van der Waals surface area contributed by atoms with E-state index in [1.165, 1.54) is 18.3 Å². The third kappa shape index (κ3) is 3.91. The molecule has 8 heteroatoms. The predicted octanol–water partition coefficient (Wildman–Crippen LogP) is 1.87. The summed E-state index contributed by atoms with van der Waals surface area (Å²) in [5.74, 6) is -0.567. The van der Waals surface area contributed by atoms with Crippen LogP contribution in [0.3, 0.4) is 0 Å². The van der Waals surface area contributed by atoms with Crippen LogP contribution >= 0.6 is 11.3 Å². The van der Waals surface area contributed by atoms with Crippen LogP contribution in [0.5, 0.6) is 0 Å². The quantitative estimate of drug-likeness (QED) is 0.861. The van der Waals surface area contributed by atoms with Crippen molar-refractivity contribution in [3.8, 4) is 0 Å². The fourth-order valence-electron chi connectivity index (χ4n) is 2.95. The summed E-state index contributed by atoms with van der Waals surface area (Å²) in [6, 6.07) is 4.95. The lowest BCUT2D eigenvalue weighted by Gasteiger charge is -2.36. The number of benzene rings is 1. The van der Waals surface area contributed by atoms with Crippen LogP contribution < -0.4 is 4.90 Å². The van der Waals surface area contributed by atoms with Crippen molar-refractivity contribution >= 4 is 28.7 Å². The first-order valence-electron chi connectivity index (χ1n) is 8.36. The van der Waals surface area contributed by atoms with Crippen molar-refractivity contribution in [2.45, 2.75) is 20.0 Å². The molecule has 1 amide bonds. The average Bonchev–Trinajstić information content (AvgIpc) is 3.09. The second-order valence-electron chi connectivity index (χ2n) is 6.19. The number of rotatable bonds is 5. The summed E-state index contributed by atoms with van der Waals surface area (Å²) in [4.78, 5) is 31.5. The number of halogens is 1. The van der Waals surface area contributed by atoms with E-state index in [2.05, 4.69) is 4.98 Å². The summed E-state index contributed by atoms with van der Waals surface area (Å²) >= 11 is 1.31. The molecule has 1 aliphatic heterocycles. The van der Waals surface area contributed by atoms with E-state index >= 15 is 0 Å². The molecule has 26 heavy (non-hydrogen) atoms. The summed E-state index contributed by atoms with van der Waals surface area (Å²) in [7, 11) is 0. The van der Waals surface area contributed by atoms with Crippen molar-refractivity contribution in [3.63, 3.8) is 0 Å². The molecule has 1 fully saturated rings. The molecular weight excluding hydrogens is 357 g/mol. The first kappa shape index (κ1) is 18.5. The third-order valence-electron chi connectivity index (χ3n) is 4.31. The summed E-state index contributed by atoms with van der Waals surface area (Å²) in [6.45, 7) is 3.07. The Hall–Kier alpha value is -2.32. The molecule has 1 aromatic heterocycles. The molecule has 0 unspecified atom stereocenters. The minimum Gasteiger partial charge on any atom is -0.392 e. The van der Waals surface area contributed by atoms with Crippen LogP contribution in [-0.4, -0.2) is 52.9 Å². The molecule has 138 valence electrons. The van der Waals surface area contributed by atoms with Gasteiger partial charge in [0.05, 0.1) is 18.7 Å². The molecule has 0 saturated carbocycles. The van der Waals surface area contributed by atoms with E-state index in [1.54, 1.807) is 28.5 Å². The molecule has 0 radical (unpaired) electrons. The molecule has 0 atom stereocenters. The normalized spacial score (nSPS) is 14.6. The highest BCUT2D eigenvalue weighted by molar-refractivity contribution is 7.09. The number of aromatic nitrogens is 1. The Bertz CT molecular complexity index is 816. The van der Waals surface area contributed by atoms with Gasteiger partial charge in [0.2, 0.25) is 0 Å². The highest BCUT2D eigenvalue weighted by Crippen LogP contribution is 2.24. The number of hydrogen-bond acceptors (Lipinski definition) is 6. The van der Waals surface area contributed by atoms with Crippen LogP contribution in [-0.2, 0) is 17.8 Å². The second kappa shape index (κ2) is 7.92. The van der Waals surface area contributed by atoms with Gasteiger partial charge in [-0.25, -0.2) is 9.37 Å². The minimum atomic E-state index is -0.414. The van der Waals surface area contributed by atoms with E-state index in [4.69, 9.17) is 0 Å². The van der Waals surface area contributed by atoms with Gasteiger partial charge in [0, 0.05) is 37.1 Å². The fourth-order valence-corrected chi connectivity index (χ4v) is 3.79. The number of aliphatic hydroxyl groups is 1. The highest BCUT2D eigenvalue weighted by Gasteiger charge is 2.25. The molecule has 3 rings (SSSR count). The van der Waals surface area contributed by atoms with Gasteiger partial charge in [-0.05, 0) is 13.0 Å². The summed E-state index contributed by atoms with van der Waals surface area (Å²) in [6.07, 6.45) is 0.242. The standard InChI is InChI=1S/C18H20FN3O3S/c1-12(24)9-16-20-14(11-26-16)18(25)22-7-5-21(6-8-22)15-4-2-3-13(10-23)17(15)19/h2-4,11,23H,5-10H2,1H3. The van der Waals surface area contributed by atoms with E-state index in [0.717, 1.165) is 0 Å². The van der Waals surface area contributed by atoms with Gasteiger partial charge in [-0.15, -0.1) is 11.3 Å². The first-order valence-corrected chi connectivity index (χ1v) is 9.24. The smallest absolute Gasteiger partial charge is 0.273 e. The number of nitrogens with zero attached hydrogens (tertiary/aromatic N) is 3. The monoisotopic (exact) mass is 377 g/mol. The van der Waals surface area contributed by atoms with Crippen LogP contribution in [0.25, 0.3) is 0 Å². The number of Topliss-reactive ketones (excluding diaryl/α,β-unsaturated/α-hetero) is 1. The summed E-state index contributed by atoms with van der Waals surface area (Å²) in [5, 5.41) is 11.5. The number of hydrogen-bond donors (Lipinski definition) is 1. The molecule has 1 aliphatic rings. The van der Waals surface area contributed by atoms with Gasteiger partial charge >= 0.3 is 0 Å². The Morgan fingerprint density at radius 3 is 2.65 bits per heavy atom. The lowest BCUT2D eigenvalue weighted by molar-refractivity contribution is -0.116. The molecule has 0 bridgehead atoms. The zero-order valence-corrected chi connectivity index (χ0v) is 15.3. The second-order valence-corrected chi connectivity index (χ2v) is 7.14. The molecule has 1 aromatic carbocycles. The Kier molecular flexibility index (Phi) is 5.63. The SMILES string of the molecule is CC(=O)Cc1nc(C(=O)N2CCN(c3cccc(CO)c3F)CC2)cs1. The zero-order chi connectivity index (χ0) is 18.7. The average molecular weight is 377 g/mol. The van der Waals surface area contributed by atoms with Crippen molar-refractivity contribution in [2.24, 2.45) is 0 Å². The molecule has 0 spiro atoms. The van der Waals surface area contributed by atoms with Gasteiger partial charge < -0.3 is 14.9 Å². The minimum absolute atomic E-state index is 0.0131. The van der Waals surface area contributed by atoms with Gasteiger partial charge in [-0.1, -0.05) is 12.1 Å². The maximum atomic E-state index is 14.4. The van der Waals surface area contributed by atoms with Crippen molar-refractivity contribution in [3.05, 3.63) is 45.7 Å². The Morgan fingerprint density at radius 1 is 1.27 bits per heavy atom. The number of aliphatic hydroxyl groups excluding tert-OH is 1. The van der Waals surface area contributed by atoms with Crippen molar-refractivity contribution < 1.29 is 19.1 Å². The van der Waals surface area contributed by atoms with E-state index in [9.17, 15) is 19.1 Å². The van der Waals surface area contributed by atoms with E-state index in [1.807, 2.05) is 4.90 Å². The number of amides is 1. The molecular formula is C18H20FN3O3S. The molecule has 0 aliphatic carbocycles. The number of ketones is 1. The number of anilines is 1. The Morgan fingerprint density at radius 2 is 2.00 bits per heavy atom. The van der Waals surface area contributed by atoms with Crippen LogP contribution in [0, 0.1) is 5.82 Å². The van der Waals surface area contributed by atoms with Gasteiger partial charge in [0.25, 0.3) is 5.91 Å². The number of carbonyl (C=O) groups excluding carboxylic acids is 2. The molecule has 6 nitrogen and oxygen atoms in total. The predicted molar refractivity (Wildman–Crippen MR) is 96.9 cm³/mol. The van der Waals surface area contributed by atoms with E-state index in [-0.39, 0.29) is 30.3 Å². The van der Waals surface area contributed by atoms with Crippen LogP contribution in [0.4, 0.5) is 10.1 Å². The fraction of sp³-hybridized carbons (Fsp3) is 0.389. The van der Waals surface area contributed by atoms with Crippen molar-refractivity contribution in [1.29, 1.82) is 0 Å². The van der Waals surface area contributed by atoms with Crippen LogP contribution in [0.2, 0.25) is 0 Å². The van der Waals surface area contributed by atoms with E-state index < -0.39 is 5.82 Å². The highest BCUT2D eigenvalue weighted by atomic mass is 32.1. The molecule has 2 aromatic rings. The first-order chi connectivity index (χ1) is 12.5. The van der Waals surface area contributed by atoms with Gasteiger partial charge in [-0.2, -0.15) is 0 Å². The number of thiazole rings is 1. The summed E-state index contributed by atoms with van der Waals surface area (Å²) in [5.41, 5.74) is 1.07. The number of piperazine rings is 1. The third-order valence-corrected chi connectivity index (χ3v) is 5.16. The zero-order valence-electron chi connectivity index (χ0n) is 14.4. The lowest BCUT2D eigenvalue weighted by Crippen LogP contribution is -2.49. The maximum absolute atomic E-state index is 14.4. The van der Waals surface area contributed by atoms with Gasteiger partial charge in [0.15, 0.2) is 5.82 Å². The maximum Gasteiger partial charge on any atom is 0.273 e. The van der Waals surface area contributed by atoms with Crippen molar-refractivity contribution in [1.82, 2.24) is 9.88 Å². The molecule has 1 saturated heterocycles. The van der Waals surface area contributed by atoms with Crippen LogP contribution in [0.1, 0.15) is 28.0 Å². The van der Waals surface area contributed by atoms with E-state index in [0.29, 0.717) is 42.6 Å². The molecule has 2 heterocycles. The summed E-state index contributed by atoms with van der Waals surface area (Å²) < 4.78 is 14.4. The largest absolute Gasteiger partial charge is 0.392 e. The van der Waals surface area contributed by atoms with Crippen molar-refractivity contribution in [2.75, 3.05) is 31.1 Å². The van der Waals surface area contributed by atoms with Crippen LogP contribution in [0.15, 0.2) is 23.6 Å². The topological polar surface area (TPSA) is 73.7 Å². The lowest BCUT2D eigenvalue weighted by atomic mass is 10.1. The Labute approximate surface area is 154 Å². The Balaban J connectivity index is 1.64. The molecule has 1 N–H and O–H groups in total. The van der Waals surface area contributed by atoms with Gasteiger partial charge in [0.1, 0.15) is 16.5 Å².